The van der Waals surface area contributed by atoms with Crippen LogP contribution < -0.4 is 5.32 Å². The van der Waals surface area contributed by atoms with Crippen LogP contribution >= 0.6 is 0 Å². The van der Waals surface area contributed by atoms with Crippen molar-refractivity contribution >= 4 is 5.91 Å². The highest BCUT2D eigenvalue weighted by molar-refractivity contribution is 5.83. The molecule has 3 rings (SSSR count). The lowest BCUT2D eigenvalue weighted by Gasteiger charge is -2.17. The van der Waals surface area contributed by atoms with Crippen molar-refractivity contribution in [3.05, 3.63) is 35.4 Å². The van der Waals surface area contributed by atoms with E-state index in [1.807, 2.05) is 0 Å². The maximum absolute atomic E-state index is 13.7. The zero-order valence-corrected chi connectivity index (χ0v) is 11.7. The first-order valence-corrected chi connectivity index (χ1v) is 7.47. The quantitative estimate of drug-likeness (QED) is 0.846. The van der Waals surface area contributed by atoms with E-state index in [2.05, 4.69) is 5.32 Å². The van der Waals surface area contributed by atoms with Crippen molar-refractivity contribution in [2.75, 3.05) is 6.61 Å². The molecule has 0 aromatic heterocycles. The van der Waals surface area contributed by atoms with Crippen molar-refractivity contribution in [2.45, 2.75) is 37.6 Å². The van der Waals surface area contributed by atoms with Gasteiger partial charge in [0.2, 0.25) is 5.91 Å². The normalized spacial score (nSPS) is 25.5. The molecule has 114 valence electrons. The molecule has 0 radical (unpaired) electrons. The summed E-state index contributed by atoms with van der Waals surface area (Å²) in [5.41, 5.74) is 0.292. The first-order valence-electron chi connectivity index (χ1n) is 7.47. The van der Waals surface area contributed by atoms with Crippen molar-refractivity contribution in [1.82, 2.24) is 5.32 Å². The van der Waals surface area contributed by atoms with Crippen LogP contribution in [0.2, 0.25) is 0 Å². The van der Waals surface area contributed by atoms with E-state index >= 15 is 0 Å². The third-order valence-corrected chi connectivity index (χ3v) is 4.47. The second-order valence-corrected chi connectivity index (χ2v) is 6.06. The molecule has 0 aliphatic heterocycles. The zero-order valence-electron chi connectivity index (χ0n) is 11.7. The Labute approximate surface area is 122 Å². The summed E-state index contributed by atoms with van der Waals surface area (Å²) in [6.45, 7) is 0.0497. The lowest BCUT2D eigenvalue weighted by Crippen LogP contribution is -2.38. The lowest BCUT2D eigenvalue weighted by atomic mass is 10.1. The van der Waals surface area contributed by atoms with Crippen LogP contribution in [0.3, 0.4) is 0 Å². The number of rotatable bonds is 6. The van der Waals surface area contributed by atoms with E-state index in [0.29, 0.717) is 24.3 Å². The van der Waals surface area contributed by atoms with Gasteiger partial charge in [-0.05, 0) is 49.1 Å². The molecule has 2 fully saturated rings. The number of hydrogen-bond donors (Lipinski definition) is 2. The molecule has 1 aromatic carbocycles. The Balaban J connectivity index is 1.61. The number of benzene rings is 1. The van der Waals surface area contributed by atoms with Crippen molar-refractivity contribution < 1.29 is 18.7 Å². The molecule has 0 bridgehead atoms. The van der Waals surface area contributed by atoms with Gasteiger partial charge in [-0.3, -0.25) is 4.79 Å². The molecule has 2 N–H and O–H groups in total. The monoisotopic (exact) mass is 295 g/mol. The average molecular weight is 295 g/mol. The van der Waals surface area contributed by atoms with Crippen LogP contribution in [0.15, 0.2) is 18.2 Å². The van der Waals surface area contributed by atoms with Crippen molar-refractivity contribution in [1.29, 1.82) is 0 Å². The molecule has 1 aromatic rings. The van der Waals surface area contributed by atoms with Gasteiger partial charge in [0.05, 0.1) is 0 Å². The van der Waals surface area contributed by atoms with Crippen LogP contribution in [0.4, 0.5) is 8.78 Å². The first kappa shape index (κ1) is 14.4. The molecule has 3 atom stereocenters. The van der Waals surface area contributed by atoms with E-state index in [1.54, 1.807) is 6.07 Å². The third kappa shape index (κ3) is 3.07. The van der Waals surface area contributed by atoms with Crippen molar-refractivity contribution in [2.24, 2.45) is 11.8 Å². The second kappa shape index (κ2) is 5.72. The molecule has 2 aliphatic carbocycles. The Morgan fingerprint density at radius 2 is 2.14 bits per heavy atom. The number of halogens is 2. The topological polar surface area (TPSA) is 49.3 Å². The summed E-state index contributed by atoms with van der Waals surface area (Å²) in [5.74, 6) is -1.85. The second-order valence-electron chi connectivity index (χ2n) is 6.06. The fourth-order valence-electron chi connectivity index (χ4n) is 2.99. The van der Waals surface area contributed by atoms with E-state index in [1.165, 1.54) is 6.07 Å². The van der Waals surface area contributed by atoms with Gasteiger partial charge in [0.15, 0.2) is 11.6 Å². The Kier molecular flexibility index (Phi) is 3.93. The highest BCUT2D eigenvalue weighted by atomic mass is 19.2. The molecule has 0 saturated heterocycles. The predicted molar refractivity (Wildman–Crippen MR) is 73.6 cm³/mol. The van der Waals surface area contributed by atoms with Crippen LogP contribution in [0.1, 0.15) is 37.2 Å². The lowest BCUT2D eigenvalue weighted by molar-refractivity contribution is -0.123. The zero-order chi connectivity index (χ0) is 15.0. The molecular weight excluding hydrogens is 276 g/mol. The third-order valence-electron chi connectivity index (χ3n) is 4.47. The number of aliphatic hydroxyl groups excluding tert-OH is 1. The van der Waals surface area contributed by atoms with E-state index in [-0.39, 0.29) is 30.4 Å². The number of carbonyl (C=O) groups excluding carboxylic acids is 1. The summed E-state index contributed by atoms with van der Waals surface area (Å²) in [6.07, 6.45) is 3.28. The highest BCUT2D eigenvalue weighted by Crippen LogP contribution is 2.49. The fraction of sp³-hybridized carbons (Fsp3) is 0.562. The maximum Gasteiger partial charge on any atom is 0.223 e. The summed E-state index contributed by atoms with van der Waals surface area (Å²) in [5, 5.41) is 12.0. The minimum atomic E-state index is -0.866. The first-order chi connectivity index (χ1) is 10.1. The number of aliphatic hydroxyl groups is 1. The largest absolute Gasteiger partial charge is 0.396 e. The number of hydrogen-bond acceptors (Lipinski definition) is 2. The van der Waals surface area contributed by atoms with E-state index in [9.17, 15) is 13.6 Å². The number of nitrogens with one attached hydrogen (secondary N) is 1. The van der Waals surface area contributed by atoms with Crippen LogP contribution in [0, 0.1) is 23.5 Å². The van der Waals surface area contributed by atoms with Crippen LogP contribution in [0.5, 0.6) is 0 Å². The standard InChI is InChI=1S/C16H19F2NO2/c17-13-3-1-2-10(15(13)18)11-8-12(11)16(21)19-14(6-7-20)9-4-5-9/h1-3,9,11-12,14,20H,4-8H2,(H,19,21). The highest BCUT2D eigenvalue weighted by Gasteiger charge is 2.46. The maximum atomic E-state index is 13.7. The summed E-state index contributed by atoms with van der Waals surface area (Å²) < 4.78 is 26.9. The summed E-state index contributed by atoms with van der Waals surface area (Å²) >= 11 is 0. The molecular formula is C16H19F2NO2. The van der Waals surface area contributed by atoms with Gasteiger partial charge in [-0.1, -0.05) is 12.1 Å². The van der Waals surface area contributed by atoms with E-state index in [4.69, 9.17) is 5.11 Å². The summed E-state index contributed by atoms with van der Waals surface area (Å²) in [7, 11) is 0. The molecule has 1 amide bonds. The molecule has 0 heterocycles. The van der Waals surface area contributed by atoms with Crippen molar-refractivity contribution in [3.63, 3.8) is 0 Å². The van der Waals surface area contributed by atoms with Gasteiger partial charge < -0.3 is 10.4 Å². The molecule has 3 unspecified atom stereocenters. The van der Waals surface area contributed by atoms with Crippen molar-refractivity contribution in [3.8, 4) is 0 Å². The average Bonchev–Trinajstić information content (AvgIpc) is 3.34. The molecule has 5 heteroatoms. The van der Waals surface area contributed by atoms with Crippen LogP contribution in [-0.4, -0.2) is 23.7 Å². The minimum absolute atomic E-state index is 0.0149. The molecule has 2 saturated carbocycles. The molecule has 0 spiro atoms. The Morgan fingerprint density at radius 3 is 2.81 bits per heavy atom. The van der Waals surface area contributed by atoms with Gasteiger partial charge >= 0.3 is 0 Å². The molecule has 21 heavy (non-hydrogen) atoms. The Morgan fingerprint density at radius 1 is 1.38 bits per heavy atom. The summed E-state index contributed by atoms with van der Waals surface area (Å²) in [4.78, 5) is 12.2. The number of carbonyl (C=O) groups is 1. The Bertz CT molecular complexity index is 545. The van der Waals surface area contributed by atoms with E-state index in [0.717, 1.165) is 18.9 Å². The SMILES string of the molecule is O=C(NC(CCO)C1CC1)C1CC1c1cccc(F)c1F. The van der Waals surface area contributed by atoms with Gasteiger partial charge in [0.25, 0.3) is 0 Å². The fourth-order valence-corrected chi connectivity index (χ4v) is 2.99. The molecule has 2 aliphatic rings. The van der Waals surface area contributed by atoms with Gasteiger partial charge in [0.1, 0.15) is 0 Å². The Hall–Kier alpha value is -1.49. The van der Waals surface area contributed by atoms with Gasteiger partial charge in [-0.15, -0.1) is 0 Å². The van der Waals surface area contributed by atoms with E-state index < -0.39 is 11.6 Å². The van der Waals surface area contributed by atoms with Gasteiger partial charge in [-0.2, -0.15) is 0 Å². The smallest absolute Gasteiger partial charge is 0.223 e. The van der Waals surface area contributed by atoms with Gasteiger partial charge in [-0.25, -0.2) is 8.78 Å². The van der Waals surface area contributed by atoms with Gasteiger partial charge in [0, 0.05) is 18.6 Å². The predicted octanol–water partition coefficient (Wildman–Crippen LogP) is 2.35. The minimum Gasteiger partial charge on any atom is -0.396 e. The number of amides is 1. The van der Waals surface area contributed by atoms with Crippen LogP contribution in [-0.2, 0) is 4.79 Å². The summed E-state index contributed by atoms with van der Waals surface area (Å²) in [6, 6.07) is 4.12. The molecule has 3 nitrogen and oxygen atoms in total. The van der Waals surface area contributed by atoms with Crippen LogP contribution in [0.25, 0.3) is 0 Å².